The van der Waals surface area contributed by atoms with Crippen molar-refractivity contribution in [2.24, 2.45) is 5.16 Å². The Morgan fingerprint density at radius 1 is 1.21 bits per heavy atom. The van der Waals surface area contributed by atoms with Crippen molar-refractivity contribution in [2.75, 3.05) is 13.1 Å². The first-order valence-corrected chi connectivity index (χ1v) is 10.6. The van der Waals surface area contributed by atoms with Gasteiger partial charge in [0.25, 0.3) is 5.91 Å². The first-order chi connectivity index (χ1) is 14.2. The number of benzene rings is 1. The van der Waals surface area contributed by atoms with Crippen molar-refractivity contribution in [3.8, 4) is 0 Å². The number of fused-ring (bicyclic) bond motifs is 1. The van der Waals surface area contributed by atoms with Crippen molar-refractivity contribution < 1.29 is 9.63 Å². The fraction of sp³-hybridized carbons (Fsp3) is 0.417. The van der Waals surface area contributed by atoms with E-state index in [2.05, 4.69) is 53.9 Å². The lowest BCUT2D eigenvalue weighted by atomic mass is 10.00. The molecule has 1 aromatic carbocycles. The van der Waals surface area contributed by atoms with Crippen molar-refractivity contribution in [2.45, 2.75) is 52.2 Å². The minimum absolute atomic E-state index is 0.0544. The molecule has 1 aliphatic heterocycles. The zero-order valence-electron chi connectivity index (χ0n) is 17.4. The second kappa shape index (κ2) is 10.8. The van der Waals surface area contributed by atoms with Gasteiger partial charge in [0.1, 0.15) is 0 Å². The number of nitrogens with zero attached hydrogens (tertiary/aromatic N) is 1. The number of amides is 1. The van der Waals surface area contributed by atoms with Gasteiger partial charge in [-0.25, -0.2) is 0 Å². The molecule has 2 aliphatic rings. The molecule has 1 aromatic rings. The molecule has 1 heterocycles. The summed E-state index contributed by atoms with van der Waals surface area (Å²) < 4.78 is 0. The molecule has 0 fully saturated rings. The summed E-state index contributed by atoms with van der Waals surface area (Å²) in [6, 6.07) is 8.65. The summed E-state index contributed by atoms with van der Waals surface area (Å²) in [5.41, 5.74) is 5.25. The number of rotatable bonds is 10. The summed E-state index contributed by atoms with van der Waals surface area (Å²) in [6.07, 6.45) is 11.2. The molecule has 0 radical (unpaired) electrons. The average molecular weight is 394 g/mol. The van der Waals surface area contributed by atoms with Crippen molar-refractivity contribution in [1.82, 2.24) is 10.6 Å². The monoisotopic (exact) mass is 393 g/mol. The van der Waals surface area contributed by atoms with Gasteiger partial charge in [-0.15, -0.1) is 0 Å². The summed E-state index contributed by atoms with van der Waals surface area (Å²) in [4.78, 5) is 18.0. The first kappa shape index (κ1) is 21.1. The van der Waals surface area contributed by atoms with Crippen LogP contribution in [0.2, 0.25) is 0 Å². The van der Waals surface area contributed by atoms with Crippen LogP contribution < -0.4 is 10.6 Å². The molecule has 5 heteroatoms. The summed E-state index contributed by atoms with van der Waals surface area (Å²) in [6.45, 7) is 6.63. The molecule has 1 unspecified atom stereocenters. The van der Waals surface area contributed by atoms with Gasteiger partial charge >= 0.3 is 0 Å². The Balaban J connectivity index is 1.42. The van der Waals surface area contributed by atoms with E-state index in [1.165, 1.54) is 11.1 Å². The normalized spacial score (nSPS) is 17.6. The Morgan fingerprint density at radius 2 is 2.07 bits per heavy atom. The van der Waals surface area contributed by atoms with Crippen LogP contribution in [0.5, 0.6) is 0 Å². The standard InChI is InChI=1S/C24H31N3O2/c1-3-8-22-21-16-20(11-6-12-23(21)29-27-22)24(28)26-14-7-13-25-17-19-10-5-9-18(4-2)15-19/h5-6,9-12,15-16,23,25H,3-4,7-8,13-14,17H2,1-2H3,(H,26,28). The van der Waals surface area contributed by atoms with Gasteiger partial charge in [0.05, 0.1) is 5.71 Å². The topological polar surface area (TPSA) is 62.7 Å². The number of nitrogens with one attached hydrogen (secondary N) is 2. The van der Waals surface area contributed by atoms with Crippen molar-refractivity contribution in [3.05, 3.63) is 70.8 Å². The molecule has 0 saturated heterocycles. The number of carbonyl (C=O) groups is 1. The number of carbonyl (C=O) groups excluding carboxylic acids is 1. The van der Waals surface area contributed by atoms with Crippen LogP contribution in [0.4, 0.5) is 0 Å². The van der Waals surface area contributed by atoms with E-state index >= 15 is 0 Å². The Bertz CT molecular complexity index is 836. The highest BCUT2D eigenvalue weighted by molar-refractivity contribution is 6.06. The third-order valence-electron chi connectivity index (χ3n) is 5.08. The molecule has 154 valence electrons. The summed E-state index contributed by atoms with van der Waals surface area (Å²) >= 11 is 0. The summed E-state index contributed by atoms with van der Waals surface area (Å²) in [7, 11) is 0. The van der Waals surface area contributed by atoms with Gasteiger partial charge in [0, 0.05) is 24.2 Å². The van der Waals surface area contributed by atoms with Gasteiger partial charge in [0.2, 0.25) is 0 Å². The van der Waals surface area contributed by atoms with Crippen LogP contribution in [0, 0.1) is 0 Å². The number of allylic oxidation sites excluding steroid dienone is 2. The van der Waals surface area contributed by atoms with Crippen LogP contribution in [0.25, 0.3) is 0 Å². The van der Waals surface area contributed by atoms with E-state index in [-0.39, 0.29) is 12.0 Å². The Kier molecular flexibility index (Phi) is 7.82. The largest absolute Gasteiger partial charge is 0.383 e. The van der Waals surface area contributed by atoms with E-state index in [4.69, 9.17) is 4.84 Å². The molecule has 0 saturated carbocycles. The number of hydrogen-bond donors (Lipinski definition) is 2. The third kappa shape index (κ3) is 5.91. The number of aryl methyl sites for hydroxylation is 1. The van der Waals surface area contributed by atoms with Crippen LogP contribution in [0.1, 0.15) is 44.2 Å². The molecular formula is C24H31N3O2. The molecule has 1 atom stereocenters. The fourth-order valence-corrected chi connectivity index (χ4v) is 3.45. The van der Waals surface area contributed by atoms with Gasteiger partial charge in [0.15, 0.2) is 6.10 Å². The molecule has 0 aromatic heterocycles. The second-order valence-corrected chi connectivity index (χ2v) is 7.38. The maximum atomic E-state index is 12.6. The van der Waals surface area contributed by atoms with Crippen LogP contribution in [-0.2, 0) is 22.6 Å². The smallest absolute Gasteiger partial charge is 0.251 e. The van der Waals surface area contributed by atoms with Crippen LogP contribution in [0.15, 0.2) is 64.9 Å². The second-order valence-electron chi connectivity index (χ2n) is 7.38. The molecule has 2 N–H and O–H groups in total. The van der Waals surface area contributed by atoms with Gasteiger partial charge in [-0.1, -0.05) is 55.8 Å². The summed E-state index contributed by atoms with van der Waals surface area (Å²) in [5.74, 6) is -0.0544. The Hall–Kier alpha value is -2.66. The van der Waals surface area contributed by atoms with Crippen molar-refractivity contribution >= 4 is 11.6 Å². The maximum Gasteiger partial charge on any atom is 0.251 e. The highest BCUT2D eigenvalue weighted by atomic mass is 16.6. The molecule has 5 nitrogen and oxygen atoms in total. The van der Waals surface area contributed by atoms with Crippen LogP contribution >= 0.6 is 0 Å². The van der Waals surface area contributed by atoms with Gasteiger partial charge in [-0.2, -0.15) is 0 Å². The van der Waals surface area contributed by atoms with E-state index in [1.807, 2.05) is 24.3 Å². The molecule has 0 bridgehead atoms. The minimum Gasteiger partial charge on any atom is -0.383 e. The zero-order valence-corrected chi connectivity index (χ0v) is 17.4. The molecule has 1 amide bonds. The first-order valence-electron chi connectivity index (χ1n) is 10.6. The van der Waals surface area contributed by atoms with E-state index in [1.54, 1.807) is 0 Å². The predicted octanol–water partition coefficient (Wildman–Crippen LogP) is 3.82. The van der Waals surface area contributed by atoms with Crippen LogP contribution in [0.3, 0.4) is 0 Å². The van der Waals surface area contributed by atoms with Gasteiger partial charge < -0.3 is 15.5 Å². The summed E-state index contributed by atoms with van der Waals surface area (Å²) in [5, 5.41) is 10.6. The molecule has 29 heavy (non-hydrogen) atoms. The molecule has 0 spiro atoms. The molecule has 3 rings (SSSR count). The van der Waals surface area contributed by atoms with Crippen molar-refractivity contribution in [1.29, 1.82) is 0 Å². The lowest BCUT2D eigenvalue weighted by Gasteiger charge is -2.09. The third-order valence-corrected chi connectivity index (χ3v) is 5.08. The predicted molar refractivity (Wildman–Crippen MR) is 118 cm³/mol. The average Bonchev–Trinajstić information content (AvgIpc) is 2.98. The SMILES string of the molecule is CCCC1=NOC2C=CC=C(C(=O)NCCCNCc3cccc(CC)c3)C=C12. The highest BCUT2D eigenvalue weighted by Crippen LogP contribution is 2.25. The zero-order chi connectivity index (χ0) is 20.5. The Morgan fingerprint density at radius 3 is 2.90 bits per heavy atom. The van der Waals surface area contributed by atoms with E-state index in [0.29, 0.717) is 12.1 Å². The lowest BCUT2D eigenvalue weighted by molar-refractivity contribution is -0.117. The number of oxime groups is 1. The quantitative estimate of drug-likeness (QED) is 0.594. The lowest BCUT2D eigenvalue weighted by Crippen LogP contribution is -2.28. The maximum absolute atomic E-state index is 12.6. The van der Waals surface area contributed by atoms with Gasteiger partial charge in [-0.3, -0.25) is 4.79 Å². The minimum atomic E-state index is -0.173. The highest BCUT2D eigenvalue weighted by Gasteiger charge is 2.26. The molecule has 1 aliphatic carbocycles. The van der Waals surface area contributed by atoms with Crippen LogP contribution in [-0.4, -0.2) is 30.8 Å². The molecular weight excluding hydrogens is 362 g/mol. The fourth-order valence-electron chi connectivity index (χ4n) is 3.45. The number of hydrogen-bond acceptors (Lipinski definition) is 4. The van der Waals surface area contributed by atoms with E-state index in [9.17, 15) is 4.79 Å². The van der Waals surface area contributed by atoms with E-state index < -0.39 is 0 Å². The van der Waals surface area contributed by atoms with Crippen molar-refractivity contribution in [3.63, 3.8) is 0 Å². The van der Waals surface area contributed by atoms with Gasteiger partial charge in [-0.05, 0) is 55.2 Å². The Labute approximate surface area is 173 Å². The van der Waals surface area contributed by atoms with E-state index in [0.717, 1.165) is 50.1 Å².